The van der Waals surface area contributed by atoms with Crippen molar-refractivity contribution in [3.8, 4) is 0 Å². The largest absolute Gasteiger partial charge is 0.461 e. The van der Waals surface area contributed by atoms with Gasteiger partial charge in [0.1, 0.15) is 12.9 Å². The van der Waals surface area contributed by atoms with Crippen molar-refractivity contribution in [1.29, 1.82) is 0 Å². The molecule has 5 nitrogen and oxygen atoms in total. The molecule has 0 radical (unpaired) electrons. The molecule has 0 amide bonds. The molecule has 2 heterocycles. The third-order valence-electron chi connectivity index (χ3n) is 4.47. The fraction of sp³-hybridized carbons (Fsp3) is 0.435. The second-order valence-electron chi connectivity index (χ2n) is 6.75. The molecule has 0 spiro atoms. The summed E-state index contributed by atoms with van der Waals surface area (Å²) in [6.45, 7) is 8.64. The van der Waals surface area contributed by atoms with Crippen LogP contribution in [0.4, 0.5) is 0 Å². The Morgan fingerprint density at radius 2 is 1.89 bits per heavy atom. The highest BCUT2D eigenvalue weighted by Crippen LogP contribution is 2.38. The first kappa shape index (κ1) is 21.6. The van der Waals surface area contributed by atoms with Gasteiger partial charge in [-0.2, -0.15) is 5.10 Å². The summed E-state index contributed by atoms with van der Waals surface area (Å²) in [4.78, 5) is 15.4. The summed E-state index contributed by atoms with van der Waals surface area (Å²) in [5.74, 6) is 0.651. The van der Waals surface area contributed by atoms with Gasteiger partial charge in [-0.25, -0.2) is 9.50 Å². The van der Waals surface area contributed by atoms with Gasteiger partial charge in [0.05, 0.1) is 23.3 Å². The smallest absolute Gasteiger partial charge is 0.309 e. The van der Waals surface area contributed by atoms with E-state index in [1.807, 2.05) is 61.0 Å². The molecule has 5 heteroatoms. The number of esters is 1. The molecule has 0 bridgehead atoms. The molecule has 1 aliphatic rings. The predicted octanol–water partition coefficient (Wildman–Crippen LogP) is 5.09. The maximum Gasteiger partial charge on any atom is 0.309 e. The number of rotatable bonds is 5. The Hall–Kier alpha value is -2.69. The minimum absolute atomic E-state index is 0.0404. The van der Waals surface area contributed by atoms with E-state index < -0.39 is 0 Å². The minimum Gasteiger partial charge on any atom is -0.461 e. The van der Waals surface area contributed by atoms with Crippen molar-refractivity contribution >= 4 is 11.5 Å². The Kier molecular flexibility index (Phi) is 8.66. The molecule has 3 aromatic rings. The SMILES string of the molecule is CC.CCCc1ccc2cncn2n1.C[C@H]1C[C@H]1C(=O)OCc1ccccc1. The third-order valence-corrected chi connectivity index (χ3v) is 4.47. The van der Waals surface area contributed by atoms with E-state index in [0.29, 0.717) is 12.5 Å². The molecular weight excluding hydrogens is 350 g/mol. The Morgan fingerprint density at radius 3 is 2.54 bits per heavy atom. The number of ether oxygens (including phenoxy) is 1. The zero-order chi connectivity index (χ0) is 20.4. The van der Waals surface area contributed by atoms with Gasteiger partial charge < -0.3 is 4.74 Å². The number of carbonyl (C=O) groups excluding carboxylic acids is 1. The zero-order valence-electron chi connectivity index (χ0n) is 17.3. The van der Waals surface area contributed by atoms with Crippen molar-refractivity contribution in [2.24, 2.45) is 11.8 Å². The lowest BCUT2D eigenvalue weighted by molar-refractivity contribution is -0.146. The van der Waals surface area contributed by atoms with E-state index in [0.717, 1.165) is 36.0 Å². The van der Waals surface area contributed by atoms with E-state index in [2.05, 4.69) is 30.0 Å². The van der Waals surface area contributed by atoms with Crippen LogP contribution in [0.3, 0.4) is 0 Å². The standard InChI is InChI=1S/C12H14O2.C9H11N3.C2H6/c1-9-7-11(9)12(13)14-8-10-5-3-2-4-6-10;1-2-3-8-4-5-9-6-10-7-12(9)11-8;1-2/h2-6,9,11H,7-8H2,1H3;4-7H,2-3H2,1H3;1-2H3/t9-,11+;;/m0../s1. The molecule has 0 saturated heterocycles. The van der Waals surface area contributed by atoms with Crippen molar-refractivity contribution in [1.82, 2.24) is 14.6 Å². The predicted molar refractivity (Wildman–Crippen MR) is 112 cm³/mol. The van der Waals surface area contributed by atoms with Crippen molar-refractivity contribution in [2.45, 2.75) is 53.6 Å². The molecule has 1 aliphatic carbocycles. The number of imidazole rings is 1. The van der Waals surface area contributed by atoms with Crippen LogP contribution in [-0.2, 0) is 22.6 Å². The van der Waals surface area contributed by atoms with Crippen molar-refractivity contribution in [3.05, 3.63) is 66.2 Å². The van der Waals surface area contributed by atoms with Gasteiger partial charge in [0.15, 0.2) is 0 Å². The average molecular weight is 382 g/mol. The Balaban J connectivity index is 0.000000186. The molecule has 2 aromatic heterocycles. The number of fused-ring (bicyclic) bond motifs is 1. The van der Waals surface area contributed by atoms with E-state index in [1.165, 1.54) is 0 Å². The summed E-state index contributed by atoms with van der Waals surface area (Å²) < 4.78 is 6.99. The molecular formula is C23H31N3O2. The van der Waals surface area contributed by atoms with E-state index in [1.54, 1.807) is 6.33 Å². The summed E-state index contributed by atoms with van der Waals surface area (Å²) in [6, 6.07) is 13.9. The first-order chi connectivity index (χ1) is 13.7. The van der Waals surface area contributed by atoms with Crippen LogP contribution in [0.15, 0.2) is 55.0 Å². The van der Waals surface area contributed by atoms with Crippen LogP contribution in [-0.4, -0.2) is 20.6 Å². The molecule has 28 heavy (non-hydrogen) atoms. The lowest BCUT2D eigenvalue weighted by Crippen LogP contribution is -2.07. The first-order valence-corrected chi connectivity index (χ1v) is 10.2. The van der Waals surface area contributed by atoms with Crippen LogP contribution in [0.5, 0.6) is 0 Å². The van der Waals surface area contributed by atoms with Crippen molar-refractivity contribution < 1.29 is 9.53 Å². The normalized spacial score (nSPS) is 17.0. The van der Waals surface area contributed by atoms with Gasteiger partial charge in [0, 0.05) is 0 Å². The van der Waals surface area contributed by atoms with Crippen LogP contribution in [0, 0.1) is 11.8 Å². The van der Waals surface area contributed by atoms with Gasteiger partial charge in [-0.3, -0.25) is 4.79 Å². The Labute approximate surface area is 167 Å². The number of nitrogens with zero attached hydrogens (tertiary/aromatic N) is 3. The van der Waals surface area contributed by atoms with Crippen molar-refractivity contribution in [3.63, 3.8) is 0 Å². The molecule has 1 saturated carbocycles. The number of hydrogen-bond donors (Lipinski definition) is 0. The highest BCUT2D eigenvalue weighted by molar-refractivity contribution is 5.75. The number of carbonyl (C=O) groups is 1. The summed E-state index contributed by atoms with van der Waals surface area (Å²) in [5, 5.41) is 4.38. The maximum absolute atomic E-state index is 11.4. The summed E-state index contributed by atoms with van der Waals surface area (Å²) in [6.07, 6.45) is 6.70. The Morgan fingerprint density at radius 1 is 1.18 bits per heavy atom. The van der Waals surface area contributed by atoms with Gasteiger partial charge in [0.2, 0.25) is 0 Å². The van der Waals surface area contributed by atoms with E-state index in [9.17, 15) is 4.79 Å². The van der Waals surface area contributed by atoms with Gasteiger partial charge in [-0.1, -0.05) is 64.4 Å². The maximum atomic E-state index is 11.4. The average Bonchev–Trinajstić information content (AvgIpc) is 3.29. The second kappa shape index (κ2) is 11.2. The van der Waals surface area contributed by atoms with Gasteiger partial charge in [-0.05, 0) is 36.5 Å². The molecule has 2 atom stereocenters. The first-order valence-electron chi connectivity index (χ1n) is 10.2. The fourth-order valence-electron chi connectivity index (χ4n) is 2.73. The number of hydrogen-bond acceptors (Lipinski definition) is 4. The molecule has 0 aliphatic heterocycles. The summed E-state index contributed by atoms with van der Waals surface area (Å²) in [7, 11) is 0. The molecule has 4 rings (SSSR count). The van der Waals surface area contributed by atoms with E-state index in [-0.39, 0.29) is 11.9 Å². The highest BCUT2D eigenvalue weighted by Gasteiger charge is 2.40. The van der Waals surface area contributed by atoms with Gasteiger partial charge >= 0.3 is 5.97 Å². The zero-order valence-corrected chi connectivity index (χ0v) is 17.3. The van der Waals surface area contributed by atoms with Crippen LogP contribution in [0.1, 0.15) is 51.8 Å². The number of benzene rings is 1. The van der Waals surface area contributed by atoms with E-state index in [4.69, 9.17) is 4.74 Å². The van der Waals surface area contributed by atoms with Crippen LogP contribution in [0.2, 0.25) is 0 Å². The van der Waals surface area contributed by atoms with Crippen LogP contribution in [0.25, 0.3) is 5.52 Å². The van der Waals surface area contributed by atoms with Gasteiger partial charge in [0.25, 0.3) is 0 Å². The quantitative estimate of drug-likeness (QED) is 0.577. The third kappa shape index (κ3) is 6.48. The van der Waals surface area contributed by atoms with Gasteiger partial charge in [-0.15, -0.1) is 0 Å². The Bertz CT molecular complexity index is 845. The molecule has 1 aromatic carbocycles. The lowest BCUT2D eigenvalue weighted by Gasteiger charge is -2.03. The monoisotopic (exact) mass is 381 g/mol. The fourth-order valence-corrected chi connectivity index (χ4v) is 2.73. The molecule has 0 unspecified atom stereocenters. The molecule has 0 N–H and O–H groups in total. The molecule has 1 fully saturated rings. The van der Waals surface area contributed by atoms with Crippen molar-refractivity contribution in [2.75, 3.05) is 0 Å². The van der Waals surface area contributed by atoms with Crippen LogP contribution >= 0.6 is 0 Å². The summed E-state index contributed by atoms with van der Waals surface area (Å²) >= 11 is 0. The molecule has 150 valence electrons. The number of aryl methyl sites for hydroxylation is 1. The van der Waals surface area contributed by atoms with E-state index >= 15 is 0 Å². The summed E-state index contributed by atoms with van der Waals surface area (Å²) in [5.41, 5.74) is 3.23. The minimum atomic E-state index is -0.0404. The lowest BCUT2D eigenvalue weighted by atomic mass is 10.2. The highest BCUT2D eigenvalue weighted by atomic mass is 16.5. The topological polar surface area (TPSA) is 56.5 Å². The second-order valence-corrected chi connectivity index (χ2v) is 6.75. The van der Waals surface area contributed by atoms with Crippen LogP contribution < -0.4 is 0 Å². The number of aromatic nitrogens is 3.